The molecule has 1 atom stereocenters. The Hall–Kier alpha value is -2.05. The second-order valence-electron chi connectivity index (χ2n) is 7.82. The molecular formula is C22H33NO5. The van der Waals surface area contributed by atoms with Crippen LogP contribution in [0, 0.1) is 0 Å². The average molecular weight is 392 g/mol. The monoisotopic (exact) mass is 391 g/mol. The Morgan fingerprint density at radius 1 is 1.25 bits per heavy atom. The first kappa shape index (κ1) is 22.2. The van der Waals surface area contributed by atoms with E-state index >= 15 is 0 Å². The van der Waals surface area contributed by atoms with Gasteiger partial charge in [-0.3, -0.25) is 0 Å². The number of benzene rings is 1. The molecule has 6 heteroatoms. The first-order valence-corrected chi connectivity index (χ1v) is 9.91. The van der Waals surface area contributed by atoms with E-state index in [1.165, 1.54) is 4.90 Å². The zero-order valence-electron chi connectivity index (χ0n) is 17.5. The normalized spacial score (nSPS) is 17.5. The minimum atomic E-state index is -0.500. The highest BCUT2D eigenvalue weighted by molar-refractivity contribution is 5.68. The summed E-state index contributed by atoms with van der Waals surface area (Å²) in [5, 5.41) is 0. The molecule has 1 unspecified atom stereocenters. The van der Waals surface area contributed by atoms with Gasteiger partial charge >= 0.3 is 6.09 Å². The van der Waals surface area contributed by atoms with Gasteiger partial charge in [-0.1, -0.05) is 30.4 Å². The van der Waals surface area contributed by atoms with E-state index in [0.717, 1.165) is 37.2 Å². The molecule has 1 amide bonds. The maximum atomic E-state index is 12.0. The van der Waals surface area contributed by atoms with E-state index in [1.54, 1.807) is 7.05 Å². The van der Waals surface area contributed by atoms with Crippen molar-refractivity contribution in [3.05, 3.63) is 35.9 Å². The molecule has 1 heterocycles. The quantitative estimate of drug-likeness (QED) is 0.611. The van der Waals surface area contributed by atoms with Gasteiger partial charge in [0.05, 0.1) is 6.61 Å². The van der Waals surface area contributed by atoms with Gasteiger partial charge in [0.2, 0.25) is 0 Å². The van der Waals surface area contributed by atoms with Crippen LogP contribution in [0.4, 0.5) is 4.79 Å². The summed E-state index contributed by atoms with van der Waals surface area (Å²) in [5.74, 6) is 0.784. The van der Waals surface area contributed by atoms with E-state index in [9.17, 15) is 4.79 Å². The lowest BCUT2D eigenvalue weighted by atomic mass is 10.2. The Labute approximate surface area is 168 Å². The average Bonchev–Trinajstić information content (AvgIpc) is 2.65. The van der Waals surface area contributed by atoms with Crippen LogP contribution in [-0.2, 0) is 14.2 Å². The zero-order chi connectivity index (χ0) is 20.4. The van der Waals surface area contributed by atoms with E-state index in [2.05, 4.69) is 0 Å². The summed E-state index contributed by atoms with van der Waals surface area (Å²) in [6.07, 6.45) is 6.63. The third-order valence-electron chi connectivity index (χ3n) is 4.08. The lowest BCUT2D eigenvalue weighted by Gasteiger charge is -2.23. The number of hydrogen-bond acceptors (Lipinski definition) is 5. The highest BCUT2D eigenvalue weighted by atomic mass is 16.7. The molecule has 0 aromatic heterocycles. The van der Waals surface area contributed by atoms with Gasteiger partial charge in [0.15, 0.2) is 6.29 Å². The van der Waals surface area contributed by atoms with Gasteiger partial charge in [0, 0.05) is 25.8 Å². The molecule has 6 nitrogen and oxygen atoms in total. The molecular weight excluding hydrogens is 358 g/mol. The maximum absolute atomic E-state index is 12.0. The lowest BCUT2D eigenvalue weighted by molar-refractivity contribution is -0.165. The van der Waals surface area contributed by atoms with Crippen LogP contribution in [0.15, 0.2) is 30.3 Å². The number of amides is 1. The van der Waals surface area contributed by atoms with Gasteiger partial charge in [-0.2, -0.15) is 0 Å². The Kier molecular flexibility index (Phi) is 8.80. The molecule has 0 bridgehead atoms. The van der Waals surface area contributed by atoms with Crippen molar-refractivity contribution >= 4 is 12.2 Å². The zero-order valence-corrected chi connectivity index (χ0v) is 17.5. The first-order chi connectivity index (χ1) is 13.3. The van der Waals surface area contributed by atoms with Crippen LogP contribution in [0.3, 0.4) is 0 Å². The van der Waals surface area contributed by atoms with Crippen LogP contribution in [0.25, 0.3) is 6.08 Å². The molecule has 1 aliphatic heterocycles. The molecule has 0 aliphatic carbocycles. The second-order valence-corrected chi connectivity index (χ2v) is 7.82. The number of para-hydroxylation sites is 1. The van der Waals surface area contributed by atoms with Crippen LogP contribution in [0.2, 0.25) is 0 Å². The van der Waals surface area contributed by atoms with Gasteiger partial charge in [-0.25, -0.2) is 4.79 Å². The van der Waals surface area contributed by atoms with E-state index in [-0.39, 0.29) is 12.4 Å². The summed E-state index contributed by atoms with van der Waals surface area (Å²) in [6, 6.07) is 7.79. The van der Waals surface area contributed by atoms with Crippen LogP contribution >= 0.6 is 0 Å². The third kappa shape index (κ3) is 8.31. The van der Waals surface area contributed by atoms with Crippen molar-refractivity contribution in [1.82, 2.24) is 4.90 Å². The summed E-state index contributed by atoms with van der Waals surface area (Å²) in [4.78, 5) is 13.5. The Bertz CT molecular complexity index is 632. The minimum absolute atomic E-state index is 0.101. The highest BCUT2D eigenvalue weighted by Gasteiger charge is 2.18. The molecule has 1 saturated heterocycles. The van der Waals surface area contributed by atoms with Crippen LogP contribution in [-0.4, -0.2) is 56.3 Å². The summed E-state index contributed by atoms with van der Waals surface area (Å²) >= 11 is 0. The predicted octanol–water partition coefficient (Wildman–Crippen LogP) is 4.49. The largest absolute Gasteiger partial charge is 0.491 e. The molecule has 0 N–H and O–H groups in total. The minimum Gasteiger partial charge on any atom is -0.491 e. The van der Waals surface area contributed by atoms with E-state index in [1.807, 2.05) is 57.2 Å². The molecule has 0 radical (unpaired) electrons. The van der Waals surface area contributed by atoms with Crippen molar-refractivity contribution in [3.8, 4) is 5.75 Å². The smallest absolute Gasteiger partial charge is 0.410 e. The Morgan fingerprint density at radius 3 is 2.75 bits per heavy atom. The number of likely N-dealkylation sites (N-methyl/N-ethyl adjacent to an activating group) is 1. The molecule has 1 aromatic carbocycles. The van der Waals surface area contributed by atoms with Crippen molar-refractivity contribution in [3.63, 3.8) is 0 Å². The summed E-state index contributed by atoms with van der Waals surface area (Å²) < 4.78 is 22.5. The number of hydrogen-bond donors (Lipinski definition) is 0. The molecule has 1 aliphatic rings. The number of ether oxygens (including phenoxy) is 4. The molecule has 156 valence electrons. The topological polar surface area (TPSA) is 57.2 Å². The van der Waals surface area contributed by atoms with Gasteiger partial charge in [0.1, 0.15) is 18.0 Å². The Balaban J connectivity index is 1.78. The first-order valence-electron chi connectivity index (χ1n) is 9.91. The number of carbonyl (C=O) groups is 1. The van der Waals surface area contributed by atoms with Gasteiger partial charge < -0.3 is 23.8 Å². The van der Waals surface area contributed by atoms with Gasteiger partial charge in [-0.15, -0.1) is 0 Å². The fourth-order valence-electron chi connectivity index (χ4n) is 2.68. The summed E-state index contributed by atoms with van der Waals surface area (Å²) in [7, 11) is 1.71. The van der Waals surface area contributed by atoms with Crippen LogP contribution < -0.4 is 4.74 Å². The van der Waals surface area contributed by atoms with Crippen molar-refractivity contribution in [2.24, 2.45) is 0 Å². The summed E-state index contributed by atoms with van der Waals surface area (Å²) in [6.45, 7) is 7.74. The van der Waals surface area contributed by atoms with E-state index < -0.39 is 5.60 Å². The molecule has 0 saturated carbocycles. The molecule has 1 aromatic rings. The fraction of sp³-hybridized carbons (Fsp3) is 0.591. The van der Waals surface area contributed by atoms with Crippen LogP contribution in [0.5, 0.6) is 5.75 Å². The SMILES string of the molecule is CN(CC=Cc1ccccc1OCCOC1CCCCO1)C(=O)OC(C)(C)C. The lowest BCUT2D eigenvalue weighted by Crippen LogP contribution is -2.34. The molecule has 0 spiro atoms. The van der Waals surface area contributed by atoms with Crippen molar-refractivity contribution in [2.45, 2.75) is 51.9 Å². The maximum Gasteiger partial charge on any atom is 0.410 e. The fourth-order valence-corrected chi connectivity index (χ4v) is 2.68. The van der Waals surface area contributed by atoms with Crippen molar-refractivity contribution in [2.75, 3.05) is 33.4 Å². The van der Waals surface area contributed by atoms with Gasteiger partial charge in [-0.05, 0) is 46.1 Å². The number of nitrogens with zero attached hydrogens (tertiary/aromatic N) is 1. The van der Waals surface area contributed by atoms with Crippen LogP contribution in [0.1, 0.15) is 45.6 Å². The molecule has 2 rings (SSSR count). The van der Waals surface area contributed by atoms with E-state index in [0.29, 0.717) is 19.8 Å². The van der Waals surface area contributed by atoms with E-state index in [4.69, 9.17) is 18.9 Å². The van der Waals surface area contributed by atoms with Crippen molar-refractivity contribution in [1.29, 1.82) is 0 Å². The molecule has 28 heavy (non-hydrogen) atoms. The summed E-state index contributed by atoms with van der Waals surface area (Å²) in [5.41, 5.74) is 0.453. The number of carbonyl (C=O) groups excluding carboxylic acids is 1. The predicted molar refractivity (Wildman–Crippen MR) is 109 cm³/mol. The van der Waals surface area contributed by atoms with Gasteiger partial charge in [0.25, 0.3) is 0 Å². The Morgan fingerprint density at radius 2 is 2.04 bits per heavy atom. The third-order valence-corrected chi connectivity index (χ3v) is 4.08. The molecule has 1 fully saturated rings. The second kappa shape index (κ2) is 11.1. The standard InChI is InChI=1S/C22H33NO5/c1-22(2,3)28-21(24)23(4)14-9-11-18-10-5-6-12-19(18)25-16-17-27-20-13-7-8-15-26-20/h5-6,9-12,20H,7-8,13-17H2,1-4H3. The highest BCUT2D eigenvalue weighted by Crippen LogP contribution is 2.20. The number of rotatable bonds is 8. The van der Waals surface area contributed by atoms with Crippen molar-refractivity contribution < 1.29 is 23.7 Å².